The molecule has 0 bridgehead atoms. The number of aromatic hydroxyl groups is 1. The number of hydrogen-bond donors (Lipinski definition) is 2. The molecule has 194 valence electrons. The van der Waals surface area contributed by atoms with Crippen LogP contribution in [0.25, 0.3) is 22.3 Å². The second kappa shape index (κ2) is 11.8. The molecule has 0 heterocycles. The monoisotopic (exact) mass is 533 g/mol. The third kappa shape index (κ3) is 6.12. The molecule has 0 fully saturated rings. The van der Waals surface area contributed by atoms with Crippen LogP contribution >= 0.6 is 11.6 Å². The van der Waals surface area contributed by atoms with Crippen molar-refractivity contribution in [2.75, 3.05) is 14.2 Å². The van der Waals surface area contributed by atoms with Crippen molar-refractivity contribution in [1.29, 1.82) is 0 Å². The van der Waals surface area contributed by atoms with Crippen molar-refractivity contribution in [3.8, 4) is 33.8 Å². The highest BCUT2D eigenvalue weighted by Gasteiger charge is 2.22. The van der Waals surface area contributed by atoms with Crippen molar-refractivity contribution < 1.29 is 28.6 Å². The van der Waals surface area contributed by atoms with Gasteiger partial charge in [-0.3, -0.25) is 9.59 Å². The standard InChI is InChI=1S/C30H25ClFNO5/c1-37-23-11-7-19(8-12-23)18-3-5-20(6-4-18)27(17-29(35)38-2)33-30(36)24-15-21(10-14-28(24)34)22-9-13-26(32)25(31)16-22/h3-16,27,34H,17H2,1-2H3,(H,33,36). The molecule has 4 aromatic carbocycles. The van der Waals surface area contributed by atoms with Crippen LogP contribution in [-0.4, -0.2) is 31.2 Å². The topological polar surface area (TPSA) is 84.9 Å². The highest BCUT2D eigenvalue weighted by molar-refractivity contribution is 6.31. The predicted molar refractivity (Wildman–Crippen MR) is 144 cm³/mol. The molecule has 38 heavy (non-hydrogen) atoms. The van der Waals surface area contributed by atoms with Crippen molar-refractivity contribution in [2.24, 2.45) is 0 Å². The summed E-state index contributed by atoms with van der Waals surface area (Å²) in [5.74, 6) is -1.15. The summed E-state index contributed by atoms with van der Waals surface area (Å²) in [5.41, 5.74) is 3.74. The summed E-state index contributed by atoms with van der Waals surface area (Å²) in [6.45, 7) is 0. The smallest absolute Gasteiger partial charge is 0.307 e. The molecule has 8 heteroatoms. The summed E-state index contributed by atoms with van der Waals surface area (Å²) in [5, 5.41) is 13.2. The number of benzene rings is 4. The summed E-state index contributed by atoms with van der Waals surface area (Å²) in [6, 6.07) is 23.0. The molecule has 4 rings (SSSR count). The molecule has 6 nitrogen and oxygen atoms in total. The maximum atomic E-state index is 13.6. The number of halogens is 2. The first-order valence-electron chi connectivity index (χ1n) is 11.7. The predicted octanol–water partition coefficient (Wildman–Crippen LogP) is 6.56. The second-order valence-electron chi connectivity index (χ2n) is 8.52. The molecule has 0 aliphatic heterocycles. The van der Waals surface area contributed by atoms with Crippen LogP contribution < -0.4 is 10.1 Å². The van der Waals surface area contributed by atoms with Gasteiger partial charge in [0.25, 0.3) is 5.91 Å². The third-order valence-electron chi connectivity index (χ3n) is 6.13. The van der Waals surface area contributed by atoms with E-state index in [4.69, 9.17) is 21.1 Å². The fraction of sp³-hybridized carbons (Fsp3) is 0.133. The van der Waals surface area contributed by atoms with E-state index in [0.717, 1.165) is 16.9 Å². The molecule has 1 amide bonds. The first-order chi connectivity index (χ1) is 18.3. The van der Waals surface area contributed by atoms with Gasteiger partial charge in [0.2, 0.25) is 0 Å². The molecule has 0 saturated carbocycles. The first-order valence-corrected chi connectivity index (χ1v) is 12.1. The molecular weight excluding hydrogens is 509 g/mol. The molecule has 0 aromatic heterocycles. The largest absolute Gasteiger partial charge is 0.507 e. The Hall–Kier alpha value is -4.36. The van der Waals surface area contributed by atoms with Crippen molar-refractivity contribution >= 4 is 23.5 Å². The quantitative estimate of drug-likeness (QED) is 0.250. The molecule has 2 N–H and O–H groups in total. The highest BCUT2D eigenvalue weighted by atomic mass is 35.5. The zero-order valence-electron chi connectivity index (χ0n) is 20.7. The SMILES string of the molecule is COC(=O)CC(NC(=O)c1cc(-c2ccc(F)c(Cl)c2)ccc1O)c1ccc(-c2ccc(OC)cc2)cc1. The number of carbonyl (C=O) groups excluding carboxylic acids is 2. The van der Waals surface area contributed by atoms with Gasteiger partial charge in [0.1, 0.15) is 17.3 Å². The third-order valence-corrected chi connectivity index (χ3v) is 6.42. The number of phenolic OH excluding ortho intramolecular Hbond substituents is 1. The minimum Gasteiger partial charge on any atom is -0.507 e. The van der Waals surface area contributed by atoms with Crippen LogP contribution in [-0.2, 0) is 9.53 Å². The van der Waals surface area contributed by atoms with Crippen LogP contribution in [0.2, 0.25) is 5.02 Å². The van der Waals surface area contributed by atoms with Crippen LogP contribution in [0.4, 0.5) is 4.39 Å². The molecule has 1 unspecified atom stereocenters. The summed E-state index contributed by atoms with van der Waals surface area (Å²) in [7, 11) is 2.88. The zero-order chi connectivity index (χ0) is 27.2. The van der Waals surface area contributed by atoms with E-state index in [0.29, 0.717) is 16.7 Å². The summed E-state index contributed by atoms with van der Waals surface area (Å²) in [4.78, 5) is 25.4. The summed E-state index contributed by atoms with van der Waals surface area (Å²) >= 11 is 5.91. The van der Waals surface area contributed by atoms with Crippen molar-refractivity contribution in [2.45, 2.75) is 12.5 Å². The van der Waals surface area contributed by atoms with Crippen LogP contribution in [0, 0.1) is 5.82 Å². The second-order valence-corrected chi connectivity index (χ2v) is 8.92. The summed E-state index contributed by atoms with van der Waals surface area (Å²) < 4.78 is 23.6. The lowest BCUT2D eigenvalue weighted by Gasteiger charge is -2.19. The molecule has 0 aliphatic rings. The van der Waals surface area contributed by atoms with Crippen molar-refractivity contribution in [3.63, 3.8) is 0 Å². The Balaban J connectivity index is 1.60. The van der Waals surface area contributed by atoms with Crippen LogP contribution in [0.1, 0.15) is 28.4 Å². The van der Waals surface area contributed by atoms with Gasteiger partial charge in [0.15, 0.2) is 0 Å². The Morgan fingerprint density at radius 1 is 0.868 bits per heavy atom. The van der Waals surface area contributed by atoms with E-state index in [-0.39, 0.29) is 22.8 Å². The zero-order valence-corrected chi connectivity index (χ0v) is 21.5. The molecule has 0 spiro atoms. The minimum atomic E-state index is -0.719. The van der Waals surface area contributed by atoms with Gasteiger partial charge in [0.05, 0.1) is 37.3 Å². The van der Waals surface area contributed by atoms with Crippen LogP contribution in [0.5, 0.6) is 11.5 Å². The van der Waals surface area contributed by atoms with Gasteiger partial charge >= 0.3 is 5.97 Å². The fourth-order valence-corrected chi connectivity index (χ4v) is 4.18. The van der Waals surface area contributed by atoms with E-state index in [1.165, 1.54) is 37.4 Å². The van der Waals surface area contributed by atoms with E-state index in [1.807, 2.05) is 48.5 Å². The molecule has 4 aromatic rings. The lowest BCUT2D eigenvalue weighted by atomic mass is 9.98. The van der Waals surface area contributed by atoms with Crippen molar-refractivity contribution in [3.05, 3.63) is 107 Å². The number of nitrogens with one attached hydrogen (secondary N) is 1. The molecule has 1 atom stereocenters. The maximum Gasteiger partial charge on any atom is 0.307 e. The molecule has 0 saturated heterocycles. The average molecular weight is 534 g/mol. The molecular formula is C30H25ClFNO5. The number of phenols is 1. The Morgan fingerprint density at radius 3 is 2.05 bits per heavy atom. The van der Waals surface area contributed by atoms with Crippen molar-refractivity contribution in [1.82, 2.24) is 5.32 Å². The van der Waals surface area contributed by atoms with Gasteiger partial charge in [-0.2, -0.15) is 0 Å². The van der Waals surface area contributed by atoms with Gasteiger partial charge in [-0.05, 0) is 64.2 Å². The summed E-state index contributed by atoms with van der Waals surface area (Å²) in [6.07, 6.45) is -0.113. The van der Waals surface area contributed by atoms with Gasteiger partial charge in [-0.25, -0.2) is 4.39 Å². The lowest BCUT2D eigenvalue weighted by Crippen LogP contribution is -2.30. The fourth-order valence-electron chi connectivity index (χ4n) is 4.00. The Morgan fingerprint density at radius 2 is 1.45 bits per heavy atom. The number of amides is 1. The highest BCUT2D eigenvalue weighted by Crippen LogP contribution is 2.30. The Labute approximate surface area is 224 Å². The number of methoxy groups -OCH3 is 2. The van der Waals surface area contributed by atoms with Gasteiger partial charge in [-0.1, -0.05) is 60.1 Å². The van der Waals surface area contributed by atoms with E-state index in [9.17, 15) is 19.1 Å². The number of hydrogen-bond acceptors (Lipinski definition) is 5. The first kappa shape index (κ1) is 26.7. The van der Waals surface area contributed by atoms with E-state index >= 15 is 0 Å². The van der Waals surface area contributed by atoms with E-state index in [1.54, 1.807) is 13.2 Å². The Bertz CT molecular complexity index is 1450. The van der Waals surface area contributed by atoms with Crippen LogP contribution in [0.3, 0.4) is 0 Å². The number of carbonyl (C=O) groups is 2. The molecule has 0 radical (unpaired) electrons. The Kier molecular flexibility index (Phi) is 8.28. The lowest BCUT2D eigenvalue weighted by molar-refractivity contribution is -0.141. The van der Waals surface area contributed by atoms with Crippen LogP contribution in [0.15, 0.2) is 84.9 Å². The van der Waals surface area contributed by atoms with E-state index in [2.05, 4.69) is 5.32 Å². The maximum absolute atomic E-state index is 13.6. The number of rotatable bonds is 8. The van der Waals surface area contributed by atoms with E-state index < -0.39 is 23.7 Å². The molecule has 0 aliphatic carbocycles. The number of esters is 1. The van der Waals surface area contributed by atoms with Gasteiger partial charge < -0.3 is 19.9 Å². The van der Waals surface area contributed by atoms with Gasteiger partial charge in [-0.15, -0.1) is 0 Å². The van der Waals surface area contributed by atoms with Gasteiger partial charge in [0, 0.05) is 0 Å². The average Bonchev–Trinajstić information content (AvgIpc) is 2.94. The minimum absolute atomic E-state index is 0.00679. The normalized spacial score (nSPS) is 11.5. The number of ether oxygens (including phenoxy) is 2.